The first-order chi connectivity index (χ1) is 8.72. The molecule has 0 radical (unpaired) electrons. The van der Waals surface area contributed by atoms with Crippen LogP contribution in [0.15, 0.2) is 24.3 Å². The summed E-state index contributed by atoms with van der Waals surface area (Å²) in [4.78, 5) is 11.7. The molecular weight excluding hydrogens is 227 g/mol. The minimum Gasteiger partial charge on any atom is -0.299 e. The van der Waals surface area contributed by atoms with E-state index in [0.717, 1.165) is 18.4 Å². The third kappa shape index (κ3) is 6.53. The van der Waals surface area contributed by atoms with Gasteiger partial charge in [0.2, 0.25) is 0 Å². The molecule has 1 rings (SSSR count). The molecule has 0 aliphatic rings. The van der Waals surface area contributed by atoms with Gasteiger partial charge in [-0.3, -0.25) is 4.79 Å². The van der Waals surface area contributed by atoms with Gasteiger partial charge in [0.1, 0.15) is 11.6 Å². The van der Waals surface area contributed by atoms with E-state index in [0.29, 0.717) is 12.8 Å². The van der Waals surface area contributed by atoms with Crippen molar-refractivity contribution in [2.75, 3.05) is 0 Å². The highest BCUT2D eigenvalue weighted by molar-refractivity contribution is 5.80. The van der Waals surface area contributed by atoms with Gasteiger partial charge < -0.3 is 0 Å². The van der Waals surface area contributed by atoms with Crippen molar-refractivity contribution in [3.63, 3.8) is 0 Å². The fraction of sp³-hybridized carbons (Fsp3) is 0.562. The Labute approximate surface area is 109 Å². The molecule has 0 fully saturated rings. The first kappa shape index (κ1) is 14.9. The number of Topliss-reactive ketones (excluding diaryl/α,β-unsaturated/α-hetero) is 1. The van der Waals surface area contributed by atoms with Crippen molar-refractivity contribution in [2.24, 2.45) is 0 Å². The quantitative estimate of drug-likeness (QED) is 0.581. The SMILES string of the molecule is CCCCCCCCC(=O)Cc1cccc(F)c1. The molecule has 0 heterocycles. The van der Waals surface area contributed by atoms with Crippen LogP contribution in [0.2, 0.25) is 0 Å². The lowest BCUT2D eigenvalue weighted by atomic mass is 10.0. The number of hydrogen-bond donors (Lipinski definition) is 0. The van der Waals surface area contributed by atoms with Crippen molar-refractivity contribution in [1.82, 2.24) is 0 Å². The first-order valence-corrected chi connectivity index (χ1v) is 6.98. The Morgan fingerprint density at radius 2 is 1.83 bits per heavy atom. The molecule has 1 aromatic carbocycles. The topological polar surface area (TPSA) is 17.1 Å². The number of rotatable bonds is 9. The molecule has 0 saturated heterocycles. The maximum Gasteiger partial charge on any atom is 0.137 e. The van der Waals surface area contributed by atoms with Crippen molar-refractivity contribution >= 4 is 5.78 Å². The van der Waals surface area contributed by atoms with Gasteiger partial charge >= 0.3 is 0 Å². The molecule has 0 spiro atoms. The predicted octanol–water partition coefficient (Wildman–Crippen LogP) is 4.69. The summed E-state index contributed by atoms with van der Waals surface area (Å²) in [6.45, 7) is 2.20. The molecule has 0 aromatic heterocycles. The van der Waals surface area contributed by atoms with Crippen molar-refractivity contribution < 1.29 is 9.18 Å². The minimum atomic E-state index is -0.264. The summed E-state index contributed by atoms with van der Waals surface area (Å²) < 4.78 is 12.9. The van der Waals surface area contributed by atoms with Gasteiger partial charge in [0.05, 0.1) is 0 Å². The maximum absolute atomic E-state index is 12.9. The number of hydrogen-bond acceptors (Lipinski definition) is 1. The average Bonchev–Trinajstić information content (AvgIpc) is 2.33. The van der Waals surface area contributed by atoms with Crippen LogP contribution in [0.4, 0.5) is 4.39 Å². The van der Waals surface area contributed by atoms with E-state index >= 15 is 0 Å². The Bertz CT molecular complexity index is 360. The van der Waals surface area contributed by atoms with Crippen LogP contribution in [-0.2, 0) is 11.2 Å². The molecule has 1 nitrogen and oxygen atoms in total. The summed E-state index contributed by atoms with van der Waals surface area (Å²) in [6, 6.07) is 6.31. The highest BCUT2D eigenvalue weighted by Crippen LogP contribution is 2.10. The summed E-state index contributed by atoms with van der Waals surface area (Å²) in [5, 5.41) is 0. The molecule has 0 aliphatic carbocycles. The van der Waals surface area contributed by atoms with Crippen LogP contribution in [0.1, 0.15) is 57.4 Å². The number of ketones is 1. The highest BCUT2D eigenvalue weighted by Gasteiger charge is 2.04. The molecular formula is C16H23FO. The molecule has 100 valence electrons. The van der Waals surface area contributed by atoms with E-state index < -0.39 is 0 Å². The van der Waals surface area contributed by atoms with Crippen LogP contribution in [0.25, 0.3) is 0 Å². The summed E-state index contributed by atoms with van der Waals surface area (Å²) in [5.41, 5.74) is 0.783. The summed E-state index contributed by atoms with van der Waals surface area (Å²) in [6.07, 6.45) is 8.13. The number of halogens is 1. The normalized spacial score (nSPS) is 10.6. The molecule has 0 N–H and O–H groups in total. The number of carbonyl (C=O) groups is 1. The van der Waals surface area contributed by atoms with Gasteiger partial charge in [0.25, 0.3) is 0 Å². The van der Waals surface area contributed by atoms with Crippen LogP contribution in [-0.4, -0.2) is 5.78 Å². The van der Waals surface area contributed by atoms with Gasteiger partial charge in [-0.25, -0.2) is 4.39 Å². The largest absolute Gasteiger partial charge is 0.299 e. The fourth-order valence-corrected chi connectivity index (χ4v) is 2.07. The lowest BCUT2D eigenvalue weighted by Crippen LogP contribution is -2.02. The van der Waals surface area contributed by atoms with E-state index in [4.69, 9.17) is 0 Å². The molecule has 0 amide bonds. The lowest BCUT2D eigenvalue weighted by molar-refractivity contribution is -0.118. The van der Waals surface area contributed by atoms with E-state index in [1.807, 2.05) is 6.07 Å². The zero-order valence-electron chi connectivity index (χ0n) is 11.3. The molecule has 18 heavy (non-hydrogen) atoms. The van der Waals surface area contributed by atoms with Gasteiger partial charge in [0.15, 0.2) is 0 Å². The van der Waals surface area contributed by atoms with E-state index in [9.17, 15) is 9.18 Å². The van der Waals surface area contributed by atoms with Crippen molar-refractivity contribution in [1.29, 1.82) is 0 Å². The second-order valence-corrected chi connectivity index (χ2v) is 4.86. The Balaban J connectivity index is 2.14. The fourth-order valence-electron chi connectivity index (χ4n) is 2.07. The zero-order valence-corrected chi connectivity index (χ0v) is 11.3. The predicted molar refractivity (Wildman–Crippen MR) is 73.1 cm³/mol. The van der Waals surface area contributed by atoms with Crippen molar-refractivity contribution in [2.45, 2.75) is 58.3 Å². The number of carbonyl (C=O) groups excluding carboxylic acids is 1. The molecule has 0 aliphatic heterocycles. The van der Waals surface area contributed by atoms with E-state index in [-0.39, 0.29) is 11.6 Å². The molecule has 0 atom stereocenters. The number of unbranched alkanes of at least 4 members (excludes halogenated alkanes) is 5. The maximum atomic E-state index is 12.9. The van der Waals surface area contributed by atoms with Gasteiger partial charge in [-0.1, -0.05) is 51.2 Å². The Hall–Kier alpha value is -1.18. The minimum absolute atomic E-state index is 0.219. The third-order valence-corrected chi connectivity index (χ3v) is 3.10. The molecule has 1 aromatic rings. The summed E-state index contributed by atoms with van der Waals surface area (Å²) in [7, 11) is 0. The van der Waals surface area contributed by atoms with Crippen molar-refractivity contribution in [3.8, 4) is 0 Å². The average molecular weight is 250 g/mol. The second-order valence-electron chi connectivity index (χ2n) is 4.86. The van der Waals surface area contributed by atoms with Gasteiger partial charge in [-0.05, 0) is 24.1 Å². The van der Waals surface area contributed by atoms with E-state index in [1.54, 1.807) is 6.07 Å². The van der Waals surface area contributed by atoms with E-state index in [1.165, 1.54) is 37.8 Å². The van der Waals surface area contributed by atoms with Gasteiger partial charge in [-0.15, -0.1) is 0 Å². The molecule has 0 saturated carbocycles. The standard InChI is InChI=1S/C16H23FO/c1-2-3-4-5-6-7-11-16(18)13-14-9-8-10-15(17)12-14/h8-10,12H,2-7,11,13H2,1H3. The van der Waals surface area contributed by atoms with Crippen LogP contribution in [0, 0.1) is 5.82 Å². The van der Waals surface area contributed by atoms with Gasteiger partial charge in [-0.2, -0.15) is 0 Å². The van der Waals surface area contributed by atoms with Crippen molar-refractivity contribution in [3.05, 3.63) is 35.6 Å². The molecule has 0 unspecified atom stereocenters. The van der Waals surface area contributed by atoms with Crippen LogP contribution in [0.3, 0.4) is 0 Å². The molecule has 0 bridgehead atoms. The summed E-state index contributed by atoms with van der Waals surface area (Å²) >= 11 is 0. The van der Waals surface area contributed by atoms with Gasteiger partial charge in [0, 0.05) is 12.8 Å². The smallest absolute Gasteiger partial charge is 0.137 e. The Morgan fingerprint density at radius 3 is 2.56 bits per heavy atom. The molecule has 2 heteroatoms. The first-order valence-electron chi connectivity index (χ1n) is 6.98. The summed E-state index contributed by atoms with van der Waals surface area (Å²) in [5.74, 6) is -0.0454. The second kappa shape index (κ2) is 8.84. The highest BCUT2D eigenvalue weighted by atomic mass is 19.1. The van der Waals surface area contributed by atoms with Crippen LogP contribution in [0.5, 0.6) is 0 Å². The van der Waals surface area contributed by atoms with E-state index in [2.05, 4.69) is 6.92 Å². The lowest BCUT2D eigenvalue weighted by Gasteiger charge is -2.02. The Kier molecular flexibility index (Phi) is 7.31. The Morgan fingerprint density at radius 1 is 1.11 bits per heavy atom. The number of benzene rings is 1. The zero-order chi connectivity index (χ0) is 13.2. The monoisotopic (exact) mass is 250 g/mol. The van der Waals surface area contributed by atoms with Crippen LogP contribution >= 0.6 is 0 Å². The van der Waals surface area contributed by atoms with Crippen LogP contribution < -0.4 is 0 Å². The third-order valence-electron chi connectivity index (χ3n) is 3.10.